The minimum absolute atomic E-state index is 0.509. The first-order valence-electron chi connectivity index (χ1n) is 5.82. The molecule has 0 radical (unpaired) electrons. The van der Waals surface area contributed by atoms with Crippen LogP contribution in [0.15, 0.2) is 28.4 Å². The Kier molecular flexibility index (Phi) is 4.66. The van der Waals surface area contributed by atoms with Crippen LogP contribution in [0.4, 0.5) is 5.82 Å². The minimum atomic E-state index is 0.509. The molecule has 0 unspecified atom stereocenters. The molecule has 0 aliphatic heterocycles. The zero-order chi connectivity index (χ0) is 13.8. The van der Waals surface area contributed by atoms with Gasteiger partial charge in [0, 0.05) is 17.5 Å². The van der Waals surface area contributed by atoms with E-state index < -0.39 is 0 Å². The van der Waals surface area contributed by atoms with E-state index in [0.717, 1.165) is 22.2 Å². The van der Waals surface area contributed by atoms with Crippen LogP contribution in [0.25, 0.3) is 0 Å². The van der Waals surface area contributed by atoms with Crippen LogP contribution in [0.1, 0.15) is 17.0 Å². The number of aryl methyl sites for hydroxylation is 2. The molecular formula is C13H16N4S2. The lowest BCUT2D eigenvalue weighted by atomic mass is 10.2. The molecule has 0 aliphatic rings. The van der Waals surface area contributed by atoms with Gasteiger partial charge in [-0.3, -0.25) is 4.98 Å². The zero-order valence-corrected chi connectivity index (χ0v) is 12.8. The first-order valence-corrected chi connectivity index (χ1v) is 8.03. The van der Waals surface area contributed by atoms with Crippen molar-refractivity contribution in [1.82, 2.24) is 15.0 Å². The SMILES string of the molecule is CSc1cc(N)nc(SCc2cc(C)cc(C)n2)n1. The van der Waals surface area contributed by atoms with Gasteiger partial charge in [0.05, 0.1) is 5.69 Å². The predicted molar refractivity (Wildman–Crippen MR) is 81.5 cm³/mol. The summed E-state index contributed by atoms with van der Waals surface area (Å²) in [7, 11) is 0. The smallest absolute Gasteiger partial charge is 0.190 e. The van der Waals surface area contributed by atoms with Gasteiger partial charge in [0.25, 0.3) is 0 Å². The molecule has 0 spiro atoms. The van der Waals surface area contributed by atoms with Crippen molar-refractivity contribution < 1.29 is 0 Å². The lowest BCUT2D eigenvalue weighted by molar-refractivity contribution is 0.899. The Morgan fingerprint density at radius 3 is 2.58 bits per heavy atom. The number of aromatic nitrogens is 3. The fourth-order valence-corrected chi connectivity index (χ4v) is 2.96. The maximum absolute atomic E-state index is 5.76. The second-order valence-electron chi connectivity index (χ2n) is 4.18. The van der Waals surface area contributed by atoms with Crippen LogP contribution in [0, 0.1) is 13.8 Å². The third kappa shape index (κ3) is 4.11. The van der Waals surface area contributed by atoms with Gasteiger partial charge in [0.2, 0.25) is 0 Å². The predicted octanol–water partition coefficient (Wildman–Crippen LogP) is 3.08. The fraction of sp³-hybridized carbons (Fsp3) is 0.308. The van der Waals surface area contributed by atoms with Gasteiger partial charge >= 0.3 is 0 Å². The number of anilines is 1. The monoisotopic (exact) mass is 292 g/mol. The molecule has 0 saturated carbocycles. The summed E-state index contributed by atoms with van der Waals surface area (Å²) in [6, 6.07) is 5.93. The van der Waals surface area contributed by atoms with E-state index in [1.807, 2.05) is 13.2 Å². The van der Waals surface area contributed by atoms with Gasteiger partial charge in [0.15, 0.2) is 5.16 Å². The molecule has 0 bridgehead atoms. The zero-order valence-electron chi connectivity index (χ0n) is 11.2. The van der Waals surface area contributed by atoms with E-state index in [9.17, 15) is 0 Å². The number of rotatable bonds is 4. The van der Waals surface area contributed by atoms with Crippen molar-refractivity contribution in [3.8, 4) is 0 Å². The molecule has 0 atom stereocenters. The number of pyridine rings is 1. The molecular weight excluding hydrogens is 276 g/mol. The highest BCUT2D eigenvalue weighted by molar-refractivity contribution is 7.99. The molecule has 2 heterocycles. The summed E-state index contributed by atoms with van der Waals surface area (Å²) < 4.78 is 0. The molecule has 2 aromatic rings. The molecule has 19 heavy (non-hydrogen) atoms. The Morgan fingerprint density at radius 2 is 1.89 bits per heavy atom. The summed E-state index contributed by atoms with van der Waals surface area (Å²) in [5.74, 6) is 1.26. The maximum atomic E-state index is 5.76. The van der Waals surface area contributed by atoms with Gasteiger partial charge in [-0.25, -0.2) is 9.97 Å². The average Bonchev–Trinajstić information content (AvgIpc) is 2.34. The summed E-state index contributed by atoms with van der Waals surface area (Å²) in [4.78, 5) is 13.2. The summed E-state index contributed by atoms with van der Waals surface area (Å²) in [6.45, 7) is 4.08. The van der Waals surface area contributed by atoms with Crippen molar-refractivity contribution >= 4 is 29.3 Å². The van der Waals surface area contributed by atoms with Crippen molar-refractivity contribution in [2.24, 2.45) is 0 Å². The molecule has 2 rings (SSSR count). The van der Waals surface area contributed by atoms with Crippen molar-refractivity contribution in [3.63, 3.8) is 0 Å². The standard InChI is InChI=1S/C13H16N4S2/c1-8-4-9(2)15-10(5-8)7-19-13-16-11(14)6-12(17-13)18-3/h4-6H,7H2,1-3H3,(H2,14,16,17). The van der Waals surface area contributed by atoms with E-state index in [4.69, 9.17) is 5.73 Å². The molecule has 4 nitrogen and oxygen atoms in total. The van der Waals surface area contributed by atoms with Gasteiger partial charge in [-0.05, 0) is 37.8 Å². The number of hydrogen-bond acceptors (Lipinski definition) is 6. The van der Waals surface area contributed by atoms with Gasteiger partial charge < -0.3 is 5.73 Å². The largest absolute Gasteiger partial charge is 0.384 e. The van der Waals surface area contributed by atoms with Crippen LogP contribution < -0.4 is 5.73 Å². The van der Waals surface area contributed by atoms with Crippen molar-refractivity contribution in [3.05, 3.63) is 35.2 Å². The molecule has 0 aliphatic carbocycles. The normalized spacial score (nSPS) is 10.7. The van der Waals surface area contributed by atoms with Crippen LogP contribution >= 0.6 is 23.5 Å². The van der Waals surface area contributed by atoms with E-state index in [1.54, 1.807) is 29.6 Å². The number of nitrogens with two attached hydrogens (primary N) is 1. The summed E-state index contributed by atoms with van der Waals surface area (Å²) in [6.07, 6.45) is 1.97. The third-order valence-electron chi connectivity index (χ3n) is 2.41. The second kappa shape index (κ2) is 6.25. The average molecular weight is 292 g/mol. The Labute approximate surface area is 121 Å². The summed E-state index contributed by atoms with van der Waals surface area (Å²) in [5.41, 5.74) is 9.06. The third-order valence-corrected chi connectivity index (χ3v) is 3.92. The molecule has 0 amide bonds. The first kappa shape index (κ1) is 14.1. The summed E-state index contributed by atoms with van der Waals surface area (Å²) >= 11 is 3.12. The first-order chi connectivity index (χ1) is 9.06. The number of thioether (sulfide) groups is 2. The van der Waals surface area contributed by atoms with Crippen LogP contribution in [-0.2, 0) is 5.75 Å². The topological polar surface area (TPSA) is 64.7 Å². The highest BCUT2D eigenvalue weighted by Gasteiger charge is 2.05. The number of hydrogen-bond donors (Lipinski definition) is 1. The van der Waals surface area contributed by atoms with E-state index in [1.165, 1.54) is 5.56 Å². The Bertz CT molecular complexity index is 567. The molecule has 6 heteroatoms. The number of nitrogens with zero attached hydrogens (tertiary/aromatic N) is 3. The van der Waals surface area contributed by atoms with Gasteiger partial charge in [0.1, 0.15) is 10.8 Å². The van der Waals surface area contributed by atoms with Crippen LogP contribution in [0.2, 0.25) is 0 Å². The van der Waals surface area contributed by atoms with E-state index in [2.05, 4.69) is 34.0 Å². The van der Waals surface area contributed by atoms with E-state index in [0.29, 0.717) is 11.0 Å². The van der Waals surface area contributed by atoms with Gasteiger partial charge in [-0.15, -0.1) is 11.8 Å². The molecule has 100 valence electrons. The Balaban J connectivity index is 2.11. The highest BCUT2D eigenvalue weighted by Crippen LogP contribution is 2.23. The lowest BCUT2D eigenvalue weighted by Crippen LogP contribution is -1.97. The van der Waals surface area contributed by atoms with Crippen molar-refractivity contribution in [1.29, 1.82) is 0 Å². The fourth-order valence-electron chi connectivity index (χ4n) is 1.73. The van der Waals surface area contributed by atoms with Crippen LogP contribution in [0.5, 0.6) is 0 Å². The molecule has 0 saturated heterocycles. The van der Waals surface area contributed by atoms with Gasteiger partial charge in [-0.2, -0.15) is 0 Å². The number of nitrogen functional groups attached to an aromatic ring is 1. The highest BCUT2D eigenvalue weighted by atomic mass is 32.2. The Hall–Kier alpha value is -1.27. The van der Waals surface area contributed by atoms with Crippen molar-refractivity contribution in [2.45, 2.75) is 29.8 Å². The lowest BCUT2D eigenvalue weighted by Gasteiger charge is -2.05. The molecule has 0 aromatic carbocycles. The van der Waals surface area contributed by atoms with Crippen molar-refractivity contribution in [2.75, 3.05) is 12.0 Å². The van der Waals surface area contributed by atoms with E-state index in [-0.39, 0.29) is 0 Å². The van der Waals surface area contributed by atoms with Gasteiger partial charge in [-0.1, -0.05) is 11.8 Å². The molecule has 2 aromatic heterocycles. The van der Waals surface area contributed by atoms with E-state index >= 15 is 0 Å². The molecule has 0 fully saturated rings. The van der Waals surface area contributed by atoms with Crippen LogP contribution in [-0.4, -0.2) is 21.2 Å². The van der Waals surface area contributed by atoms with Crippen LogP contribution in [0.3, 0.4) is 0 Å². The maximum Gasteiger partial charge on any atom is 0.190 e. The molecule has 2 N–H and O–H groups in total. The quantitative estimate of drug-likeness (QED) is 0.531. The minimum Gasteiger partial charge on any atom is -0.384 e. The Morgan fingerprint density at radius 1 is 1.11 bits per heavy atom. The summed E-state index contributed by atoms with van der Waals surface area (Å²) in [5, 5.41) is 1.59. The second-order valence-corrected chi connectivity index (χ2v) is 5.95.